The van der Waals surface area contributed by atoms with Gasteiger partial charge >= 0.3 is 0 Å². The van der Waals surface area contributed by atoms with Crippen LogP contribution in [0.5, 0.6) is 0 Å². The number of amides is 1. The second kappa shape index (κ2) is 5.99. The van der Waals surface area contributed by atoms with Crippen molar-refractivity contribution in [1.29, 1.82) is 0 Å². The van der Waals surface area contributed by atoms with Crippen molar-refractivity contribution in [2.24, 2.45) is 0 Å². The normalized spacial score (nSPS) is 32.3. The fourth-order valence-corrected chi connectivity index (χ4v) is 2.83. The average Bonchev–Trinajstić information content (AvgIpc) is 2.61. The molecule has 5 heteroatoms. The molecule has 2 rings (SSSR count). The van der Waals surface area contributed by atoms with Crippen LogP contribution in [0.3, 0.4) is 0 Å². The van der Waals surface area contributed by atoms with Gasteiger partial charge in [0.15, 0.2) is 0 Å². The predicted molar refractivity (Wildman–Crippen MR) is 68.1 cm³/mol. The molecule has 0 aromatic rings. The van der Waals surface area contributed by atoms with E-state index in [2.05, 4.69) is 0 Å². The van der Waals surface area contributed by atoms with Gasteiger partial charge in [0.25, 0.3) is 0 Å². The van der Waals surface area contributed by atoms with E-state index in [1.54, 1.807) is 0 Å². The Balaban J connectivity index is 1.91. The molecule has 0 radical (unpaired) electrons. The molecule has 0 saturated carbocycles. The third kappa shape index (κ3) is 3.02. The maximum absolute atomic E-state index is 12.4. The number of β-amino-alcohol motifs (C(OH)–C–C–N with tert-alkyl or cyclic N) is 2. The number of likely N-dealkylation sites (tertiary alicyclic amines) is 2. The molecule has 0 aromatic carbocycles. The van der Waals surface area contributed by atoms with E-state index in [1.807, 2.05) is 16.7 Å². The summed E-state index contributed by atoms with van der Waals surface area (Å²) in [5.41, 5.74) is 0. The molecule has 1 unspecified atom stereocenters. The van der Waals surface area contributed by atoms with Crippen LogP contribution in [0.25, 0.3) is 0 Å². The molecule has 2 heterocycles. The zero-order valence-electron chi connectivity index (χ0n) is 11.1. The van der Waals surface area contributed by atoms with Gasteiger partial charge in [-0.2, -0.15) is 0 Å². The Kier molecular flexibility index (Phi) is 4.59. The van der Waals surface area contributed by atoms with Crippen molar-refractivity contribution in [3.8, 4) is 0 Å². The lowest BCUT2D eigenvalue weighted by Gasteiger charge is -2.29. The van der Waals surface area contributed by atoms with Gasteiger partial charge in [-0.05, 0) is 19.8 Å². The molecule has 18 heavy (non-hydrogen) atoms. The lowest BCUT2D eigenvalue weighted by molar-refractivity contribution is -0.136. The van der Waals surface area contributed by atoms with Crippen LogP contribution in [-0.2, 0) is 4.79 Å². The van der Waals surface area contributed by atoms with Gasteiger partial charge < -0.3 is 15.1 Å². The molecular formula is C13H24N2O3. The molecule has 1 amide bonds. The maximum Gasteiger partial charge on any atom is 0.239 e. The molecular weight excluding hydrogens is 232 g/mol. The highest BCUT2D eigenvalue weighted by atomic mass is 16.3. The molecule has 104 valence electrons. The molecule has 2 fully saturated rings. The van der Waals surface area contributed by atoms with Gasteiger partial charge in [0.05, 0.1) is 18.2 Å². The van der Waals surface area contributed by atoms with Gasteiger partial charge in [-0.1, -0.05) is 12.8 Å². The lowest BCUT2D eigenvalue weighted by Crippen LogP contribution is -2.47. The highest BCUT2D eigenvalue weighted by molar-refractivity contribution is 5.81. The molecule has 0 aliphatic carbocycles. The number of hydrogen-bond acceptors (Lipinski definition) is 4. The second-order valence-electron chi connectivity index (χ2n) is 5.50. The summed E-state index contributed by atoms with van der Waals surface area (Å²) >= 11 is 0. The van der Waals surface area contributed by atoms with Gasteiger partial charge in [-0.15, -0.1) is 0 Å². The van der Waals surface area contributed by atoms with Gasteiger partial charge in [-0.3, -0.25) is 9.69 Å². The molecule has 2 aliphatic heterocycles. The Morgan fingerprint density at radius 1 is 1.06 bits per heavy atom. The minimum atomic E-state index is -0.718. The largest absolute Gasteiger partial charge is 0.389 e. The van der Waals surface area contributed by atoms with Crippen LogP contribution in [-0.4, -0.2) is 70.3 Å². The van der Waals surface area contributed by atoms with Crippen molar-refractivity contribution in [3.63, 3.8) is 0 Å². The fraction of sp³-hybridized carbons (Fsp3) is 0.923. The summed E-state index contributed by atoms with van der Waals surface area (Å²) in [6.07, 6.45) is 3.15. The summed E-state index contributed by atoms with van der Waals surface area (Å²) in [5, 5.41) is 19.1. The average molecular weight is 256 g/mol. The van der Waals surface area contributed by atoms with Crippen LogP contribution < -0.4 is 0 Å². The van der Waals surface area contributed by atoms with E-state index < -0.39 is 12.2 Å². The molecule has 0 aromatic heterocycles. The first kappa shape index (κ1) is 13.8. The summed E-state index contributed by atoms with van der Waals surface area (Å²) < 4.78 is 0. The fourth-order valence-electron chi connectivity index (χ4n) is 2.83. The SMILES string of the molecule is CC(C(=O)N1CCCCCC1)N1C[C@@H](O)[C@@H](O)C1. The zero-order valence-corrected chi connectivity index (χ0v) is 11.1. The molecule has 0 bridgehead atoms. The number of rotatable bonds is 2. The molecule has 3 atom stereocenters. The van der Waals surface area contributed by atoms with Gasteiger partial charge in [0.2, 0.25) is 5.91 Å². The van der Waals surface area contributed by atoms with E-state index in [4.69, 9.17) is 0 Å². The van der Waals surface area contributed by atoms with Crippen LogP contribution in [0.4, 0.5) is 0 Å². The first-order valence-electron chi connectivity index (χ1n) is 6.98. The van der Waals surface area contributed by atoms with E-state index in [0.717, 1.165) is 25.9 Å². The first-order chi connectivity index (χ1) is 8.59. The standard InChI is InChI=1S/C13H24N2O3/c1-10(15-8-11(16)12(17)9-15)13(18)14-6-4-2-3-5-7-14/h10-12,16-17H,2-9H2,1H3/t10?,11-,12+. The summed E-state index contributed by atoms with van der Waals surface area (Å²) in [6, 6.07) is -0.241. The van der Waals surface area contributed by atoms with Crippen LogP contribution in [0.1, 0.15) is 32.6 Å². The summed E-state index contributed by atoms with van der Waals surface area (Å²) in [7, 11) is 0. The number of hydrogen-bond donors (Lipinski definition) is 2. The van der Waals surface area contributed by atoms with E-state index in [1.165, 1.54) is 12.8 Å². The number of nitrogens with zero attached hydrogens (tertiary/aromatic N) is 2. The monoisotopic (exact) mass is 256 g/mol. The third-order valence-corrected chi connectivity index (χ3v) is 4.11. The minimum Gasteiger partial charge on any atom is -0.389 e. The Bertz CT molecular complexity index is 280. The Morgan fingerprint density at radius 2 is 1.56 bits per heavy atom. The van der Waals surface area contributed by atoms with E-state index >= 15 is 0 Å². The molecule has 2 N–H and O–H groups in total. The second-order valence-corrected chi connectivity index (χ2v) is 5.50. The van der Waals surface area contributed by atoms with Gasteiger partial charge in [-0.25, -0.2) is 0 Å². The van der Waals surface area contributed by atoms with E-state index in [9.17, 15) is 15.0 Å². The highest BCUT2D eigenvalue weighted by Crippen LogP contribution is 2.17. The van der Waals surface area contributed by atoms with E-state index in [-0.39, 0.29) is 11.9 Å². The minimum absolute atomic E-state index is 0.137. The van der Waals surface area contributed by atoms with Crippen molar-refractivity contribution in [3.05, 3.63) is 0 Å². The summed E-state index contributed by atoms with van der Waals surface area (Å²) in [6.45, 7) is 4.35. The molecule has 2 aliphatic rings. The van der Waals surface area contributed by atoms with Crippen LogP contribution in [0.15, 0.2) is 0 Å². The van der Waals surface area contributed by atoms with Crippen molar-refractivity contribution >= 4 is 5.91 Å². The Labute approximate surface area is 108 Å². The lowest BCUT2D eigenvalue weighted by atomic mass is 10.2. The number of aliphatic hydroxyl groups excluding tert-OH is 2. The number of carbonyl (C=O) groups excluding carboxylic acids is 1. The van der Waals surface area contributed by atoms with Crippen LogP contribution >= 0.6 is 0 Å². The number of carbonyl (C=O) groups is 1. The van der Waals surface area contributed by atoms with Crippen LogP contribution in [0.2, 0.25) is 0 Å². The predicted octanol–water partition coefficient (Wildman–Crippen LogP) is -0.185. The highest BCUT2D eigenvalue weighted by Gasteiger charge is 2.36. The topological polar surface area (TPSA) is 64.0 Å². The van der Waals surface area contributed by atoms with Gasteiger partial charge in [0, 0.05) is 26.2 Å². The smallest absolute Gasteiger partial charge is 0.239 e. The third-order valence-electron chi connectivity index (χ3n) is 4.11. The van der Waals surface area contributed by atoms with Crippen molar-refractivity contribution in [2.75, 3.05) is 26.2 Å². The maximum atomic E-state index is 12.4. The van der Waals surface area contributed by atoms with Gasteiger partial charge in [0.1, 0.15) is 0 Å². The Morgan fingerprint density at radius 3 is 2.06 bits per heavy atom. The van der Waals surface area contributed by atoms with Crippen molar-refractivity contribution in [1.82, 2.24) is 9.80 Å². The Hall–Kier alpha value is -0.650. The number of aliphatic hydroxyl groups is 2. The first-order valence-corrected chi connectivity index (χ1v) is 6.98. The van der Waals surface area contributed by atoms with Crippen LogP contribution in [0, 0.1) is 0 Å². The zero-order chi connectivity index (χ0) is 13.1. The molecule has 5 nitrogen and oxygen atoms in total. The summed E-state index contributed by atoms with van der Waals surface area (Å²) in [4.78, 5) is 16.2. The molecule has 0 spiro atoms. The van der Waals surface area contributed by atoms with Crippen molar-refractivity contribution < 1.29 is 15.0 Å². The molecule has 2 saturated heterocycles. The quantitative estimate of drug-likeness (QED) is 0.719. The summed E-state index contributed by atoms with van der Waals surface area (Å²) in [5.74, 6) is 0.137. The van der Waals surface area contributed by atoms with E-state index in [0.29, 0.717) is 13.1 Å². The van der Waals surface area contributed by atoms with Crippen molar-refractivity contribution in [2.45, 2.75) is 50.9 Å².